The van der Waals surface area contributed by atoms with Gasteiger partial charge in [0.25, 0.3) is 0 Å². The summed E-state index contributed by atoms with van der Waals surface area (Å²) in [6, 6.07) is 0. The molecule has 0 saturated carbocycles. The zero-order valence-corrected chi connectivity index (χ0v) is 12.3. The number of sulfonamides is 1. The van der Waals surface area contributed by atoms with Gasteiger partial charge in [0.05, 0.1) is 18.0 Å². The summed E-state index contributed by atoms with van der Waals surface area (Å²) >= 11 is 0. The Balaban J connectivity index is 2.96. The third-order valence-electron chi connectivity index (χ3n) is 2.71. The van der Waals surface area contributed by atoms with Crippen molar-refractivity contribution in [2.75, 3.05) is 26.9 Å². The van der Waals surface area contributed by atoms with Crippen molar-refractivity contribution in [1.29, 1.82) is 0 Å². The average molecular weight is 291 g/mol. The molecule has 0 aliphatic carbocycles. The maximum Gasteiger partial charge on any atom is 0.244 e. The minimum absolute atomic E-state index is 0.0481. The number of rotatable bonds is 8. The molecule has 0 radical (unpaired) electrons. The first-order valence-corrected chi connectivity index (χ1v) is 7.55. The molecule has 1 aromatic rings. The molecule has 0 saturated heterocycles. The lowest BCUT2D eigenvalue weighted by atomic mass is 10.4. The van der Waals surface area contributed by atoms with E-state index in [4.69, 9.17) is 9.84 Å². The van der Waals surface area contributed by atoms with Crippen LogP contribution in [-0.2, 0) is 21.3 Å². The lowest BCUT2D eigenvalue weighted by molar-refractivity contribution is 0.204. The van der Waals surface area contributed by atoms with Gasteiger partial charge >= 0.3 is 0 Å². The topological polar surface area (TPSA) is 93.5 Å². The van der Waals surface area contributed by atoms with Crippen LogP contribution in [-0.4, -0.2) is 50.2 Å². The van der Waals surface area contributed by atoms with Gasteiger partial charge in [-0.05, 0) is 20.3 Å². The third-order valence-corrected chi connectivity index (χ3v) is 4.42. The van der Waals surface area contributed by atoms with Crippen molar-refractivity contribution in [3.63, 3.8) is 0 Å². The van der Waals surface area contributed by atoms with Gasteiger partial charge in [-0.3, -0.25) is 4.68 Å². The quantitative estimate of drug-likeness (QED) is 0.647. The molecule has 8 heteroatoms. The predicted octanol–water partition coefficient (Wildman–Crippen LogP) is -0.193. The standard InChI is InChI=1S/C11H21N3O4S/c1-9-11(19(16,17)12-5-8-18-3)10(2)14(13-9)6-4-7-15/h12,15H,4-8H2,1-3H3. The number of methoxy groups -OCH3 is 1. The van der Waals surface area contributed by atoms with E-state index >= 15 is 0 Å². The number of ether oxygens (including phenoxy) is 1. The lowest BCUT2D eigenvalue weighted by Crippen LogP contribution is -2.28. The van der Waals surface area contributed by atoms with Crippen LogP contribution >= 0.6 is 0 Å². The summed E-state index contributed by atoms with van der Waals surface area (Å²) in [5, 5.41) is 13.0. The van der Waals surface area contributed by atoms with E-state index in [0.29, 0.717) is 31.0 Å². The monoisotopic (exact) mass is 291 g/mol. The summed E-state index contributed by atoms with van der Waals surface area (Å²) in [4.78, 5) is 0.210. The predicted molar refractivity (Wildman–Crippen MR) is 70.5 cm³/mol. The molecule has 2 N–H and O–H groups in total. The number of hydrogen-bond acceptors (Lipinski definition) is 5. The first kappa shape index (κ1) is 16.1. The van der Waals surface area contributed by atoms with E-state index in [2.05, 4.69) is 9.82 Å². The van der Waals surface area contributed by atoms with E-state index in [1.165, 1.54) is 7.11 Å². The number of aryl methyl sites for hydroxylation is 2. The van der Waals surface area contributed by atoms with E-state index in [1.807, 2.05) is 0 Å². The number of aliphatic hydroxyl groups excluding tert-OH is 1. The van der Waals surface area contributed by atoms with Crippen LogP contribution in [0.4, 0.5) is 0 Å². The van der Waals surface area contributed by atoms with Gasteiger partial charge in [-0.25, -0.2) is 13.1 Å². The van der Waals surface area contributed by atoms with Gasteiger partial charge in [-0.15, -0.1) is 0 Å². The molecule has 0 atom stereocenters. The highest BCUT2D eigenvalue weighted by Gasteiger charge is 2.23. The number of aromatic nitrogens is 2. The van der Waals surface area contributed by atoms with Gasteiger partial charge in [0, 0.05) is 26.8 Å². The fourth-order valence-corrected chi connectivity index (χ4v) is 3.28. The minimum atomic E-state index is -3.57. The van der Waals surface area contributed by atoms with Crippen LogP contribution in [0.15, 0.2) is 4.90 Å². The summed E-state index contributed by atoms with van der Waals surface area (Å²) in [6.45, 7) is 4.45. The first-order valence-electron chi connectivity index (χ1n) is 6.07. The van der Waals surface area contributed by atoms with Crippen LogP contribution in [0.25, 0.3) is 0 Å². The summed E-state index contributed by atoms with van der Waals surface area (Å²) in [6.07, 6.45) is 0.540. The SMILES string of the molecule is COCCNS(=O)(=O)c1c(C)nn(CCCO)c1C. The minimum Gasteiger partial charge on any atom is -0.396 e. The van der Waals surface area contributed by atoms with Gasteiger partial charge in [0.15, 0.2) is 0 Å². The fourth-order valence-electron chi connectivity index (χ4n) is 1.86. The second-order valence-corrected chi connectivity index (χ2v) is 5.89. The molecule has 19 heavy (non-hydrogen) atoms. The molecule has 0 fully saturated rings. The Labute approximate surface area is 113 Å². The van der Waals surface area contributed by atoms with Crippen LogP contribution in [0, 0.1) is 13.8 Å². The fraction of sp³-hybridized carbons (Fsp3) is 0.727. The van der Waals surface area contributed by atoms with Crippen molar-refractivity contribution in [3.05, 3.63) is 11.4 Å². The van der Waals surface area contributed by atoms with Crippen LogP contribution in [0.5, 0.6) is 0 Å². The van der Waals surface area contributed by atoms with Crippen molar-refractivity contribution in [1.82, 2.24) is 14.5 Å². The van der Waals surface area contributed by atoms with E-state index < -0.39 is 10.0 Å². The highest BCUT2D eigenvalue weighted by atomic mass is 32.2. The second-order valence-electron chi connectivity index (χ2n) is 4.19. The van der Waals surface area contributed by atoms with E-state index in [1.54, 1.807) is 18.5 Å². The molecule has 0 aliphatic heterocycles. The molecule has 0 unspecified atom stereocenters. The van der Waals surface area contributed by atoms with E-state index in [9.17, 15) is 8.42 Å². The molecule has 0 amide bonds. The van der Waals surface area contributed by atoms with Gasteiger partial charge < -0.3 is 9.84 Å². The maximum atomic E-state index is 12.2. The Bertz CT molecular complexity index is 510. The Kier molecular flexibility index (Phi) is 5.92. The molecular weight excluding hydrogens is 270 g/mol. The largest absolute Gasteiger partial charge is 0.396 e. The van der Waals surface area contributed by atoms with Gasteiger partial charge in [-0.1, -0.05) is 0 Å². The summed E-state index contributed by atoms with van der Waals surface area (Å²) in [5.41, 5.74) is 1.04. The molecule has 1 aromatic heterocycles. The molecular formula is C11H21N3O4S. The smallest absolute Gasteiger partial charge is 0.244 e. The lowest BCUT2D eigenvalue weighted by Gasteiger charge is -2.07. The van der Waals surface area contributed by atoms with Gasteiger partial charge in [0.2, 0.25) is 10.0 Å². The number of nitrogens with zero attached hydrogens (tertiary/aromatic N) is 2. The van der Waals surface area contributed by atoms with Crippen LogP contribution < -0.4 is 4.72 Å². The van der Waals surface area contributed by atoms with Crippen LogP contribution in [0.2, 0.25) is 0 Å². The molecule has 0 bridgehead atoms. The number of nitrogens with one attached hydrogen (secondary N) is 1. The number of hydrogen-bond donors (Lipinski definition) is 2. The van der Waals surface area contributed by atoms with Crippen LogP contribution in [0.3, 0.4) is 0 Å². The molecule has 1 heterocycles. The van der Waals surface area contributed by atoms with Crippen molar-refractivity contribution in [2.24, 2.45) is 0 Å². The molecule has 0 aromatic carbocycles. The highest BCUT2D eigenvalue weighted by Crippen LogP contribution is 2.19. The van der Waals surface area contributed by atoms with E-state index in [0.717, 1.165) is 0 Å². The van der Waals surface area contributed by atoms with Crippen LogP contribution in [0.1, 0.15) is 17.8 Å². The Hall–Kier alpha value is -0.960. The zero-order valence-electron chi connectivity index (χ0n) is 11.5. The summed E-state index contributed by atoms with van der Waals surface area (Å²) < 4.78 is 33.2. The maximum absolute atomic E-state index is 12.2. The van der Waals surface area contributed by atoms with E-state index in [-0.39, 0.29) is 18.0 Å². The summed E-state index contributed by atoms with van der Waals surface area (Å²) in [5.74, 6) is 0. The van der Waals surface area contributed by atoms with Gasteiger partial charge in [0.1, 0.15) is 4.90 Å². The van der Waals surface area contributed by atoms with Crippen molar-refractivity contribution in [2.45, 2.75) is 31.7 Å². The second kappa shape index (κ2) is 6.99. The molecule has 0 aliphatic rings. The Morgan fingerprint density at radius 3 is 2.68 bits per heavy atom. The van der Waals surface area contributed by atoms with Crippen molar-refractivity contribution >= 4 is 10.0 Å². The molecule has 7 nitrogen and oxygen atoms in total. The summed E-state index contributed by atoms with van der Waals surface area (Å²) in [7, 11) is -2.06. The highest BCUT2D eigenvalue weighted by molar-refractivity contribution is 7.89. The van der Waals surface area contributed by atoms with Crippen molar-refractivity contribution < 1.29 is 18.3 Å². The molecule has 1 rings (SSSR count). The Morgan fingerprint density at radius 1 is 1.42 bits per heavy atom. The van der Waals surface area contributed by atoms with Crippen molar-refractivity contribution in [3.8, 4) is 0 Å². The average Bonchev–Trinajstić information content (AvgIpc) is 2.62. The normalized spacial score (nSPS) is 12.0. The Morgan fingerprint density at radius 2 is 2.11 bits per heavy atom. The molecule has 0 spiro atoms. The number of aliphatic hydroxyl groups is 1. The molecule has 110 valence electrons. The zero-order chi connectivity index (χ0) is 14.5. The third kappa shape index (κ3) is 4.00. The first-order chi connectivity index (χ1) is 8.94. The van der Waals surface area contributed by atoms with Gasteiger partial charge in [-0.2, -0.15) is 5.10 Å².